The number of nitrogens with zero attached hydrogens (tertiary/aromatic N) is 2. The van der Waals surface area contributed by atoms with Gasteiger partial charge in [0.1, 0.15) is 0 Å². The van der Waals surface area contributed by atoms with Gasteiger partial charge in [-0.3, -0.25) is 25.0 Å². The molecule has 3 rings (SSSR count). The van der Waals surface area contributed by atoms with Gasteiger partial charge in [0.05, 0.1) is 32.1 Å². The third-order valence-corrected chi connectivity index (χ3v) is 5.16. The molecule has 17 heteroatoms. The van der Waals surface area contributed by atoms with Crippen LogP contribution < -0.4 is 5.32 Å². The Hall–Kier alpha value is -4.70. The van der Waals surface area contributed by atoms with Crippen LogP contribution in [0.1, 0.15) is 27.0 Å². The van der Waals surface area contributed by atoms with Gasteiger partial charge in [0.25, 0.3) is 17.3 Å². The van der Waals surface area contributed by atoms with Gasteiger partial charge in [-0.2, -0.15) is 39.5 Å². The zero-order chi connectivity index (χ0) is 29.5. The van der Waals surface area contributed by atoms with Crippen LogP contribution in [0.5, 0.6) is 0 Å². The summed E-state index contributed by atoms with van der Waals surface area (Å²) in [5.74, 6) is -1.62. The number of carbonyl (C=O) groups excluding carboxylic acids is 1. The largest absolute Gasteiger partial charge is 0.417 e. The summed E-state index contributed by atoms with van der Waals surface area (Å²) >= 11 is 0. The summed E-state index contributed by atoms with van der Waals surface area (Å²) in [5.41, 5.74) is -11.5. The van der Waals surface area contributed by atoms with E-state index in [1.165, 1.54) is 0 Å². The average molecular weight is 567 g/mol. The van der Waals surface area contributed by atoms with Gasteiger partial charge in [-0.25, -0.2) is 0 Å². The van der Waals surface area contributed by atoms with Crippen LogP contribution in [0.2, 0.25) is 0 Å². The smallest absolute Gasteiger partial charge is 0.322 e. The summed E-state index contributed by atoms with van der Waals surface area (Å²) in [6.45, 7) is 0. The second-order valence-electron chi connectivity index (χ2n) is 7.68. The normalized spacial score (nSPS) is 12.2. The van der Waals surface area contributed by atoms with Gasteiger partial charge in [-0.15, -0.1) is 0 Å². The van der Waals surface area contributed by atoms with Gasteiger partial charge in [0.2, 0.25) is 0 Å². The van der Waals surface area contributed by atoms with Crippen molar-refractivity contribution in [3.63, 3.8) is 0 Å². The molecule has 0 aliphatic carbocycles. The molecule has 0 radical (unpaired) electrons. The number of hydrogen-bond donors (Lipinski definition) is 1. The van der Waals surface area contributed by atoms with E-state index in [4.69, 9.17) is 0 Å². The lowest BCUT2D eigenvalue weighted by Crippen LogP contribution is -2.19. The number of non-ortho nitro benzene ring substituents is 2. The van der Waals surface area contributed by atoms with Crippen molar-refractivity contribution in [1.82, 2.24) is 0 Å². The maximum atomic E-state index is 13.8. The first kappa shape index (κ1) is 28.9. The molecule has 0 heterocycles. The van der Waals surface area contributed by atoms with Gasteiger partial charge < -0.3 is 5.32 Å². The molecule has 0 aromatic heterocycles. The van der Waals surface area contributed by atoms with Crippen LogP contribution in [0.3, 0.4) is 0 Å². The zero-order valence-electron chi connectivity index (χ0n) is 18.5. The maximum Gasteiger partial charge on any atom is 0.417 e. The summed E-state index contributed by atoms with van der Waals surface area (Å²) in [7, 11) is 0. The zero-order valence-corrected chi connectivity index (χ0v) is 18.5. The van der Waals surface area contributed by atoms with E-state index < -0.39 is 84.7 Å². The molecule has 3 aromatic rings. The summed E-state index contributed by atoms with van der Waals surface area (Å²) in [4.78, 5) is 31.8. The third kappa shape index (κ3) is 6.24. The molecule has 3 aromatic carbocycles. The third-order valence-electron chi connectivity index (χ3n) is 5.16. The minimum absolute atomic E-state index is 0.0401. The Morgan fingerprint density at radius 3 is 1.49 bits per heavy atom. The van der Waals surface area contributed by atoms with Gasteiger partial charge in [-0.05, 0) is 35.4 Å². The van der Waals surface area contributed by atoms with Gasteiger partial charge >= 0.3 is 18.5 Å². The van der Waals surface area contributed by atoms with Crippen LogP contribution in [-0.4, -0.2) is 15.8 Å². The number of amides is 1. The van der Waals surface area contributed by atoms with Crippen LogP contribution >= 0.6 is 0 Å². The van der Waals surface area contributed by atoms with Crippen molar-refractivity contribution in [3.8, 4) is 11.1 Å². The van der Waals surface area contributed by atoms with Crippen LogP contribution in [0.15, 0.2) is 54.6 Å². The number of hydrogen-bond acceptors (Lipinski definition) is 5. The molecule has 0 aliphatic heterocycles. The highest BCUT2D eigenvalue weighted by molar-refractivity contribution is 6.05. The quantitative estimate of drug-likeness (QED) is 0.195. The monoisotopic (exact) mass is 567 g/mol. The van der Waals surface area contributed by atoms with E-state index in [1.807, 2.05) is 0 Å². The summed E-state index contributed by atoms with van der Waals surface area (Å²) in [5, 5.41) is 23.4. The SMILES string of the molecule is O=C(Nc1ccc(-c2ccc([N+](=O)[O-])cc2C(F)(F)F)c(C(F)(F)F)c1)c1ccc([N+](=O)[O-])cc1C(F)(F)F. The van der Waals surface area contributed by atoms with Gasteiger partial charge in [-0.1, -0.05) is 6.07 Å². The van der Waals surface area contributed by atoms with E-state index in [9.17, 15) is 64.5 Å². The van der Waals surface area contributed by atoms with Crippen LogP contribution in [0.25, 0.3) is 11.1 Å². The van der Waals surface area contributed by atoms with Gasteiger partial charge in [0, 0.05) is 30.0 Å². The van der Waals surface area contributed by atoms with E-state index in [2.05, 4.69) is 0 Å². The molecule has 1 amide bonds. The predicted octanol–water partition coefficient (Wildman–Crippen LogP) is 7.48. The van der Waals surface area contributed by atoms with Crippen molar-refractivity contribution in [2.24, 2.45) is 0 Å². The lowest BCUT2D eigenvalue weighted by molar-refractivity contribution is -0.385. The van der Waals surface area contributed by atoms with Crippen LogP contribution in [0.4, 0.5) is 56.6 Å². The Bertz CT molecular complexity index is 1480. The van der Waals surface area contributed by atoms with Crippen LogP contribution in [-0.2, 0) is 18.5 Å². The number of nitrogens with one attached hydrogen (secondary N) is 1. The van der Waals surface area contributed by atoms with Crippen molar-refractivity contribution in [2.75, 3.05) is 5.32 Å². The molecular weight excluding hydrogens is 557 g/mol. The van der Waals surface area contributed by atoms with Crippen molar-refractivity contribution in [1.29, 1.82) is 0 Å². The van der Waals surface area contributed by atoms with Crippen molar-refractivity contribution in [2.45, 2.75) is 18.5 Å². The van der Waals surface area contributed by atoms with Crippen molar-refractivity contribution < 1.29 is 54.2 Å². The number of benzene rings is 3. The minimum Gasteiger partial charge on any atom is -0.322 e. The number of rotatable bonds is 5. The molecule has 0 saturated carbocycles. The first-order valence-electron chi connectivity index (χ1n) is 10.0. The minimum atomic E-state index is -5.36. The highest BCUT2D eigenvalue weighted by Crippen LogP contribution is 2.44. The molecule has 0 saturated heterocycles. The first-order valence-corrected chi connectivity index (χ1v) is 10.0. The fourth-order valence-electron chi connectivity index (χ4n) is 3.48. The highest BCUT2D eigenvalue weighted by Gasteiger charge is 2.40. The number of alkyl halides is 9. The summed E-state index contributed by atoms with van der Waals surface area (Å²) in [6.07, 6.45) is -15.9. The van der Waals surface area contributed by atoms with E-state index in [-0.39, 0.29) is 18.2 Å². The number of nitro groups is 2. The molecule has 206 valence electrons. The number of carbonyl (C=O) groups is 1. The lowest BCUT2D eigenvalue weighted by atomic mass is 9.93. The number of anilines is 1. The molecule has 0 fully saturated rings. The number of nitro benzene ring substituents is 2. The molecule has 0 spiro atoms. The number of halogens is 9. The van der Waals surface area contributed by atoms with Crippen molar-refractivity contribution >= 4 is 23.0 Å². The topological polar surface area (TPSA) is 115 Å². The second kappa shape index (κ2) is 9.88. The molecule has 8 nitrogen and oxygen atoms in total. The Morgan fingerprint density at radius 1 is 0.615 bits per heavy atom. The maximum absolute atomic E-state index is 13.8. The van der Waals surface area contributed by atoms with E-state index in [1.54, 1.807) is 5.32 Å². The second-order valence-corrected chi connectivity index (χ2v) is 7.68. The van der Waals surface area contributed by atoms with Crippen molar-refractivity contribution in [3.05, 3.63) is 97.1 Å². The molecule has 1 N–H and O–H groups in total. The highest BCUT2D eigenvalue weighted by atomic mass is 19.4. The Kier molecular flexibility index (Phi) is 7.31. The molecule has 39 heavy (non-hydrogen) atoms. The molecule has 0 atom stereocenters. The molecule has 0 aliphatic rings. The lowest BCUT2D eigenvalue weighted by Gasteiger charge is -2.19. The van der Waals surface area contributed by atoms with E-state index in [0.29, 0.717) is 36.4 Å². The fraction of sp³-hybridized carbons (Fsp3) is 0.136. The molecule has 0 unspecified atom stereocenters. The van der Waals surface area contributed by atoms with Gasteiger partial charge in [0.15, 0.2) is 0 Å². The standard InChI is InChI=1S/C22H10F9N3O5/c23-20(24,25)16-7-10(32-19(35)15-6-3-12(34(38)39)9-18(15)22(29,30)31)1-4-13(16)14-5-2-11(33(36)37)8-17(14)21(26,27)28/h1-9H,(H,32,35). The van der Waals surface area contributed by atoms with E-state index >= 15 is 0 Å². The molecular formula is C22H10F9N3O5. The average Bonchev–Trinajstić information content (AvgIpc) is 2.81. The summed E-state index contributed by atoms with van der Waals surface area (Å²) < 4.78 is 122. The first-order chi connectivity index (χ1) is 17.8. The molecule has 0 bridgehead atoms. The van der Waals surface area contributed by atoms with E-state index in [0.717, 1.165) is 0 Å². The Balaban J connectivity index is 2.12. The Labute approximate surface area is 210 Å². The fourth-order valence-corrected chi connectivity index (χ4v) is 3.48. The van der Waals surface area contributed by atoms with Crippen LogP contribution in [0, 0.1) is 20.2 Å². The summed E-state index contributed by atoms with van der Waals surface area (Å²) in [6, 6.07) is 3.41. The predicted molar refractivity (Wildman–Crippen MR) is 115 cm³/mol. The Morgan fingerprint density at radius 2 is 1.03 bits per heavy atom.